The van der Waals surface area contributed by atoms with Crippen LogP contribution >= 0.6 is 0 Å². The fourth-order valence-corrected chi connectivity index (χ4v) is 0.333. The summed E-state index contributed by atoms with van der Waals surface area (Å²) >= 11 is 0. The highest BCUT2D eigenvalue weighted by atomic mass is 16.5. The van der Waals surface area contributed by atoms with Crippen LogP contribution in [0.2, 0.25) is 0 Å². The minimum absolute atomic E-state index is 0.157. The first-order valence-corrected chi connectivity index (χ1v) is 2.61. The normalized spacial score (nSPS) is 9.22. The highest BCUT2D eigenvalue weighted by Crippen LogP contribution is 1.96. The Morgan fingerprint density at radius 3 is 2.22 bits per heavy atom. The SMILES string of the molecule is C=C(OC(C)C)C(=O)[O-]. The van der Waals surface area contributed by atoms with E-state index in [2.05, 4.69) is 11.3 Å². The van der Waals surface area contributed by atoms with Gasteiger partial charge in [-0.1, -0.05) is 6.58 Å². The fraction of sp³-hybridized carbons (Fsp3) is 0.500. The third kappa shape index (κ3) is 3.58. The Hall–Kier alpha value is -0.990. The molecule has 0 aromatic carbocycles. The van der Waals surface area contributed by atoms with Crippen molar-refractivity contribution in [2.45, 2.75) is 20.0 Å². The van der Waals surface area contributed by atoms with Crippen LogP contribution in [-0.4, -0.2) is 12.1 Å². The van der Waals surface area contributed by atoms with Crippen LogP contribution in [-0.2, 0) is 9.53 Å². The van der Waals surface area contributed by atoms with Crippen molar-refractivity contribution in [3.05, 3.63) is 12.3 Å². The van der Waals surface area contributed by atoms with Crippen LogP contribution < -0.4 is 5.11 Å². The molecule has 0 unspecified atom stereocenters. The third-order valence-corrected chi connectivity index (χ3v) is 0.606. The molecule has 0 aromatic heterocycles. The lowest BCUT2D eigenvalue weighted by atomic mass is 10.4. The van der Waals surface area contributed by atoms with Crippen molar-refractivity contribution in [1.29, 1.82) is 0 Å². The maximum absolute atomic E-state index is 9.90. The number of carbonyl (C=O) groups excluding carboxylic acids is 1. The number of hydrogen-bond acceptors (Lipinski definition) is 3. The molecule has 0 rings (SSSR count). The first-order valence-electron chi connectivity index (χ1n) is 2.61. The zero-order chi connectivity index (χ0) is 7.44. The largest absolute Gasteiger partial charge is 0.542 e. The van der Waals surface area contributed by atoms with Gasteiger partial charge in [-0.3, -0.25) is 0 Å². The van der Waals surface area contributed by atoms with E-state index in [-0.39, 0.29) is 11.9 Å². The number of aliphatic carboxylic acids is 1. The van der Waals surface area contributed by atoms with Gasteiger partial charge in [-0.05, 0) is 13.8 Å². The molecule has 52 valence electrons. The van der Waals surface area contributed by atoms with E-state index in [1.807, 2.05) is 0 Å². The number of hydrogen-bond donors (Lipinski definition) is 0. The second-order valence-corrected chi connectivity index (χ2v) is 1.88. The molecule has 3 heteroatoms. The second kappa shape index (κ2) is 3.12. The van der Waals surface area contributed by atoms with E-state index in [4.69, 9.17) is 0 Å². The quantitative estimate of drug-likeness (QED) is 0.387. The highest BCUT2D eigenvalue weighted by Gasteiger charge is 1.96. The van der Waals surface area contributed by atoms with E-state index >= 15 is 0 Å². The van der Waals surface area contributed by atoms with E-state index in [1.54, 1.807) is 13.8 Å². The van der Waals surface area contributed by atoms with E-state index < -0.39 is 5.97 Å². The summed E-state index contributed by atoms with van der Waals surface area (Å²) in [5.74, 6) is -1.67. The number of rotatable bonds is 3. The topological polar surface area (TPSA) is 49.4 Å². The van der Waals surface area contributed by atoms with Crippen LogP contribution in [0.3, 0.4) is 0 Å². The van der Waals surface area contributed by atoms with Crippen molar-refractivity contribution in [3.63, 3.8) is 0 Å². The third-order valence-electron chi connectivity index (χ3n) is 0.606. The van der Waals surface area contributed by atoms with Crippen LogP contribution in [0.1, 0.15) is 13.8 Å². The lowest BCUT2D eigenvalue weighted by molar-refractivity contribution is -0.303. The van der Waals surface area contributed by atoms with E-state index in [0.717, 1.165) is 0 Å². The summed E-state index contributed by atoms with van der Waals surface area (Å²) < 4.78 is 4.66. The van der Waals surface area contributed by atoms with Crippen molar-refractivity contribution >= 4 is 5.97 Å². The predicted octanol–water partition coefficient (Wildman–Crippen LogP) is -0.325. The summed E-state index contributed by atoms with van der Waals surface area (Å²) in [6.45, 7) is 6.54. The molecule has 0 saturated heterocycles. The smallest absolute Gasteiger partial charge is 0.135 e. The van der Waals surface area contributed by atoms with Crippen LogP contribution in [0.4, 0.5) is 0 Å². The molecule has 0 bridgehead atoms. The maximum Gasteiger partial charge on any atom is 0.135 e. The maximum atomic E-state index is 9.90. The molecule has 9 heavy (non-hydrogen) atoms. The van der Waals surface area contributed by atoms with Crippen LogP contribution in [0.15, 0.2) is 12.3 Å². The van der Waals surface area contributed by atoms with Crippen LogP contribution in [0.5, 0.6) is 0 Å². The van der Waals surface area contributed by atoms with E-state index in [0.29, 0.717) is 0 Å². The van der Waals surface area contributed by atoms with Gasteiger partial charge in [0.25, 0.3) is 0 Å². The molecule has 0 spiro atoms. The Labute approximate surface area is 53.9 Å². The molecule has 0 saturated carbocycles. The van der Waals surface area contributed by atoms with Gasteiger partial charge in [0, 0.05) is 0 Å². The van der Waals surface area contributed by atoms with Gasteiger partial charge >= 0.3 is 0 Å². The van der Waals surface area contributed by atoms with Gasteiger partial charge in [0.15, 0.2) is 0 Å². The molecular weight excluding hydrogens is 120 g/mol. The fourth-order valence-electron chi connectivity index (χ4n) is 0.333. The summed E-state index contributed by atoms with van der Waals surface area (Å²) in [7, 11) is 0. The molecule has 0 fully saturated rings. The summed E-state index contributed by atoms with van der Waals surface area (Å²) in [5, 5.41) is 9.90. The van der Waals surface area contributed by atoms with Gasteiger partial charge in [0.1, 0.15) is 11.7 Å². The minimum atomic E-state index is -1.36. The monoisotopic (exact) mass is 129 g/mol. The zero-order valence-corrected chi connectivity index (χ0v) is 5.51. The molecule has 0 aromatic rings. The summed E-state index contributed by atoms with van der Waals surface area (Å²) in [6, 6.07) is 0. The molecule has 3 nitrogen and oxygen atoms in total. The summed E-state index contributed by atoms with van der Waals surface area (Å²) in [5.41, 5.74) is 0. The number of carbonyl (C=O) groups is 1. The van der Waals surface area contributed by atoms with Crippen molar-refractivity contribution in [2.75, 3.05) is 0 Å². The lowest BCUT2D eigenvalue weighted by Crippen LogP contribution is -2.26. The average Bonchev–Trinajstić information content (AvgIpc) is 1.63. The molecule has 0 aliphatic carbocycles. The van der Waals surface area contributed by atoms with Gasteiger partial charge in [0.2, 0.25) is 0 Å². The van der Waals surface area contributed by atoms with Gasteiger partial charge in [-0.2, -0.15) is 0 Å². The van der Waals surface area contributed by atoms with Crippen molar-refractivity contribution < 1.29 is 14.6 Å². The zero-order valence-electron chi connectivity index (χ0n) is 5.51. The first kappa shape index (κ1) is 8.01. The van der Waals surface area contributed by atoms with E-state index in [1.165, 1.54) is 0 Å². The summed E-state index contributed by atoms with van der Waals surface area (Å²) in [6.07, 6.45) is -0.157. The van der Waals surface area contributed by atoms with Gasteiger partial charge in [-0.15, -0.1) is 0 Å². The molecule has 0 N–H and O–H groups in total. The predicted molar refractivity (Wildman–Crippen MR) is 30.4 cm³/mol. The second-order valence-electron chi connectivity index (χ2n) is 1.88. The molecule has 0 aliphatic rings. The minimum Gasteiger partial charge on any atom is -0.542 e. The number of ether oxygens (including phenoxy) is 1. The Kier molecular flexibility index (Phi) is 2.78. The Balaban J connectivity index is 3.65. The molecule has 0 radical (unpaired) electrons. The summed E-state index contributed by atoms with van der Waals surface area (Å²) in [4.78, 5) is 9.90. The molecule has 0 heterocycles. The molecule has 0 amide bonds. The Morgan fingerprint density at radius 2 is 2.11 bits per heavy atom. The average molecular weight is 129 g/mol. The number of carboxylic acid groups (broad SMARTS) is 1. The first-order chi connectivity index (χ1) is 4.04. The van der Waals surface area contributed by atoms with Gasteiger partial charge < -0.3 is 14.6 Å². The Bertz CT molecular complexity index is 126. The van der Waals surface area contributed by atoms with Gasteiger partial charge in [0.05, 0.1) is 6.10 Å². The highest BCUT2D eigenvalue weighted by molar-refractivity contribution is 5.81. The molecular formula is C6H9O3-. The van der Waals surface area contributed by atoms with Crippen LogP contribution in [0, 0.1) is 0 Å². The van der Waals surface area contributed by atoms with E-state index in [9.17, 15) is 9.90 Å². The number of carboxylic acids is 1. The van der Waals surface area contributed by atoms with Crippen molar-refractivity contribution in [1.82, 2.24) is 0 Å². The molecule has 0 aliphatic heterocycles. The van der Waals surface area contributed by atoms with Crippen molar-refractivity contribution in [3.8, 4) is 0 Å². The van der Waals surface area contributed by atoms with Crippen LogP contribution in [0.25, 0.3) is 0 Å². The van der Waals surface area contributed by atoms with Gasteiger partial charge in [-0.25, -0.2) is 0 Å². The lowest BCUT2D eigenvalue weighted by Gasteiger charge is -2.11. The van der Waals surface area contributed by atoms with Crippen molar-refractivity contribution in [2.24, 2.45) is 0 Å². The molecule has 0 atom stereocenters. The Morgan fingerprint density at radius 1 is 1.67 bits per heavy atom. The standard InChI is InChI=1S/C6H10O3/c1-4(2)9-5(3)6(7)8/h4H,3H2,1-2H3,(H,7,8)/p-1.